The third kappa shape index (κ3) is 1.50. The van der Waals surface area contributed by atoms with Crippen molar-refractivity contribution in [1.82, 2.24) is 5.32 Å². The Kier molecular flexibility index (Phi) is 2.02. The second-order valence-electron chi connectivity index (χ2n) is 2.82. The lowest BCUT2D eigenvalue weighted by Crippen LogP contribution is -2.17. The molecular formula is C10H8N2O2. The topological polar surface area (TPSA) is 61.7 Å². The summed E-state index contributed by atoms with van der Waals surface area (Å²) < 4.78 is 0. The molecule has 4 heteroatoms. The van der Waals surface area contributed by atoms with Gasteiger partial charge in [0.1, 0.15) is 5.70 Å². The molecule has 0 saturated carbocycles. The maximum Gasteiger partial charge on any atom is 0.352 e. The van der Waals surface area contributed by atoms with Crippen LogP contribution in [0.4, 0.5) is 5.69 Å². The Morgan fingerprint density at radius 3 is 2.93 bits per heavy atom. The van der Waals surface area contributed by atoms with E-state index >= 15 is 0 Å². The van der Waals surface area contributed by atoms with Crippen molar-refractivity contribution >= 4 is 24.1 Å². The number of para-hydroxylation sites is 1. The molecule has 2 rings (SSSR count). The van der Waals surface area contributed by atoms with Crippen LogP contribution in [0.25, 0.3) is 6.08 Å². The van der Waals surface area contributed by atoms with Gasteiger partial charge < -0.3 is 10.4 Å². The Hall–Kier alpha value is -2.10. The summed E-state index contributed by atoms with van der Waals surface area (Å²) in [5, 5.41) is 11.4. The molecule has 1 aliphatic heterocycles. The SMILES string of the molecule is O=C(O)C1=Cc2ccccc2N=CN1. The van der Waals surface area contributed by atoms with Crippen molar-refractivity contribution in [3.8, 4) is 0 Å². The molecule has 0 amide bonds. The molecule has 0 aliphatic carbocycles. The van der Waals surface area contributed by atoms with Crippen LogP contribution in [-0.2, 0) is 4.79 Å². The Bertz CT molecular complexity index is 436. The number of aliphatic carboxylic acids is 1. The predicted molar refractivity (Wildman–Crippen MR) is 53.3 cm³/mol. The molecule has 0 atom stereocenters. The van der Waals surface area contributed by atoms with E-state index in [0.29, 0.717) is 0 Å². The number of rotatable bonds is 1. The van der Waals surface area contributed by atoms with Crippen LogP contribution in [0, 0.1) is 0 Å². The van der Waals surface area contributed by atoms with E-state index in [1.807, 2.05) is 24.3 Å². The van der Waals surface area contributed by atoms with Crippen LogP contribution in [-0.4, -0.2) is 17.4 Å². The van der Waals surface area contributed by atoms with Gasteiger partial charge in [-0.15, -0.1) is 0 Å². The number of carboxylic acid groups (broad SMARTS) is 1. The zero-order valence-corrected chi connectivity index (χ0v) is 7.27. The number of hydrogen-bond acceptors (Lipinski definition) is 3. The Morgan fingerprint density at radius 2 is 2.14 bits per heavy atom. The molecule has 0 spiro atoms. The van der Waals surface area contributed by atoms with Gasteiger partial charge in [-0.2, -0.15) is 0 Å². The highest BCUT2D eigenvalue weighted by atomic mass is 16.4. The molecule has 2 N–H and O–H groups in total. The van der Waals surface area contributed by atoms with Gasteiger partial charge in [0.05, 0.1) is 12.0 Å². The number of nitrogens with one attached hydrogen (secondary N) is 1. The summed E-state index contributed by atoms with van der Waals surface area (Å²) in [6.45, 7) is 0. The van der Waals surface area contributed by atoms with Crippen LogP contribution in [0.2, 0.25) is 0 Å². The molecule has 1 aromatic rings. The Balaban J connectivity index is 2.52. The summed E-state index contributed by atoms with van der Waals surface area (Å²) in [5.74, 6) is -0.992. The predicted octanol–water partition coefficient (Wildman–Crippen LogP) is 1.38. The quantitative estimate of drug-likeness (QED) is 0.699. The van der Waals surface area contributed by atoms with Crippen LogP contribution in [0.15, 0.2) is 35.0 Å². The summed E-state index contributed by atoms with van der Waals surface area (Å²) >= 11 is 0. The number of aliphatic imine (C=N–C) groups is 1. The lowest BCUT2D eigenvalue weighted by molar-refractivity contribution is -0.132. The van der Waals surface area contributed by atoms with E-state index in [2.05, 4.69) is 10.3 Å². The van der Waals surface area contributed by atoms with Gasteiger partial charge in [-0.3, -0.25) is 0 Å². The van der Waals surface area contributed by atoms with Crippen LogP contribution >= 0.6 is 0 Å². The van der Waals surface area contributed by atoms with E-state index in [4.69, 9.17) is 5.11 Å². The third-order valence-electron chi connectivity index (χ3n) is 1.89. The summed E-state index contributed by atoms with van der Waals surface area (Å²) in [6.07, 6.45) is 2.94. The van der Waals surface area contributed by atoms with E-state index < -0.39 is 5.97 Å². The molecule has 1 aromatic carbocycles. The first-order valence-electron chi connectivity index (χ1n) is 4.10. The molecule has 1 aliphatic rings. The first-order chi connectivity index (χ1) is 6.77. The van der Waals surface area contributed by atoms with Gasteiger partial charge in [0.25, 0.3) is 0 Å². The number of nitrogens with zero attached hydrogens (tertiary/aromatic N) is 1. The number of carbonyl (C=O) groups is 1. The largest absolute Gasteiger partial charge is 0.477 e. The maximum atomic E-state index is 10.7. The lowest BCUT2D eigenvalue weighted by atomic mass is 10.1. The smallest absolute Gasteiger partial charge is 0.352 e. The summed E-state index contributed by atoms with van der Waals surface area (Å²) in [4.78, 5) is 14.8. The summed E-state index contributed by atoms with van der Waals surface area (Å²) in [7, 11) is 0. The zero-order chi connectivity index (χ0) is 9.97. The number of fused-ring (bicyclic) bond motifs is 1. The van der Waals surface area contributed by atoms with Crippen LogP contribution in [0.1, 0.15) is 5.56 Å². The maximum absolute atomic E-state index is 10.7. The van der Waals surface area contributed by atoms with E-state index in [9.17, 15) is 4.79 Å². The Labute approximate surface area is 80.6 Å². The highest BCUT2D eigenvalue weighted by molar-refractivity contribution is 5.96. The van der Waals surface area contributed by atoms with Gasteiger partial charge in [0.15, 0.2) is 0 Å². The average Bonchev–Trinajstić information content (AvgIpc) is 2.39. The minimum Gasteiger partial charge on any atom is -0.477 e. The van der Waals surface area contributed by atoms with Gasteiger partial charge in [-0.25, -0.2) is 9.79 Å². The standard InChI is InChI=1S/C10H8N2O2/c13-10(14)9-5-7-3-1-2-4-8(7)11-6-12-9/h1-6H,(H,11,12)(H,13,14). The second-order valence-corrected chi connectivity index (χ2v) is 2.82. The highest BCUT2D eigenvalue weighted by Gasteiger charge is 2.09. The molecule has 14 heavy (non-hydrogen) atoms. The van der Waals surface area contributed by atoms with Crippen LogP contribution in [0.5, 0.6) is 0 Å². The fourth-order valence-corrected chi connectivity index (χ4v) is 1.22. The van der Waals surface area contributed by atoms with Gasteiger partial charge >= 0.3 is 5.97 Å². The fraction of sp³-hybridized carbons (Fsp3) is 0. The lowest BCUT2D eigenvalue weighted by Gasteiger charge is -1.98. The van der Waals surface area contributed by atoms with E-state index in [1.54, 1.807) is 6.08 Å². The van der Waals surface area contributed by atoms with Gasteiger partial charge in [0.2, 0.25) is 0 Å². The van der Waals surface area contributed by atoms with Gasteiger partial charge in [-0.1, -0.05) is 18.2 Å². The molecule has 0 fully saturated rings. The first-order valence-corrected chi connectivity index (χ1v) is 4.10. The third-order valence-corrected chi connectivity index (χ3v) is 1.89. The van der Waals surface area contributed by atoms with Crippen molar-refractivity contribution in [2.45, 2.75) is 0 Å². The number of hydrogen-bond donors (Lipinski definition) is 2. The minimum atomic E-state index is -0.992. The number of carboxylic acids is 1. The fourth-order valence-electron chi connectivity index (χ4n) is 1.22. The highest BCUT2D eigenvalue weighted by Crippen LogP contribution is 2.21. The van der Waals surface area contributed by atoms with E-state index in [1.165, 1.54) is 6.34 Å². The van der Waals surface area contributed by atoms with E-state index in [-0.39, 0.29) is 5.70 Å². The second kappa shape index (κ2) is 3.33. The summed E-state index contributed by atoms with van der Waals surface area (Å²) in [6, 6.07) is 7.35. The van der Waals surface area contributed by atoms with Crippen molar-refractivity contribution in [1.29, 1.82) is 0 Å². The number of benzene rings is 1. The molecule has 70 valence electrons. The van der Waals surface area contributed by atoms with E-state index in [0.717, 1.165) is 11.3 Å². The van der Waals surface area contributed by atoms with Crippen LogP contribution in [0.3, 0.4) is 0 Å². The molecule has 0 unspecified atom stereocenters. The van der Waals surface area contributed by atoms with Crippen molar-refractivity contribution in [2.24, 2.45) is 4.99 Å². The normalized spacial score (nSPS) is 13.6. The van der Waals surface area contributed by atoms with Gasteiger partial charge in [-0.05, 0) is 12.1 Å². The average molecular weight is 188 g/mol. The molecule has 0 aromatic heterocycles. The molecule has 4 nitrogen and oxygen atoms in total. The van der Waals surface area contributed by atoms with Gasteiger partial charge in [0, 0.05) is 5.56 Å². The minimum absolute atomic E-state index is 0.124. The van der Waals surface area contributed by atoms with Crippen molar-refractivity contribution < 1.29 is 9.90 Å². The van der Waals surface area contributed by atoms with Crippen molar-refractivity contribution in [3.63, 3.8) is 0 Å². The monoisotopic (exact) mass is 188 g/mol. The van der Waals surface area contributed by atoms with Crippen molar-refractivity contribution in [3.05, 3.63) is 35.5 Å². The molecule has 0 radical (unpaired) electrons. The molecule has 1 heterocycles. The first kappa shape index (κ1) is 8.50. The van der Waals surface area contributed by atoms with Crippen molar-refractivity contribution in [2.75, 3.05) is 0 Å². The van der Waals surface area contributed by atoms with Crippen LogP contribution < -0.4 is 5.32 Å². The molecule has 0 saturated heterocycles. The summed E-state index contributed by atoms with van der Waals surface area (Å²) in [5.41, 5.74) is 1.68. The molecular weight excluding hydrogens is 180 g/mol. The molecule has 0 bridgehead atoms. The zero-order valence-electron chi connectivity index (χ0n) is 7.27. The Morgan fingerprint density at radius 1 is 1.36 bits per heavy atom.